The van der Waals surface area contributed by atoms with Crippen LogP contribution in [0, 0.1) is 10.1 Å². The monoisotopic (exact) mass is 739 g/mol. The number of carboxylic acids is 1. The summed E-state index contributed by atoms with van der Waals surface area (Å²) < 4.78 is 20.1. The number of hydrogen-bond donors (Lipinski definition) is 6. The molecule has 0 unspecified atom stereocenters. The Morgan fingerprint density at radius 1 is 1.04 bits per heavy atom. The Kier molecular flexibility index (Phi) is 16.7. The van der Waals surface area contributed by atoms with E-state index in [0.29, 0.717) is 22.7 Å². The second kappa shape index (κ2) is 19.1. The predicted molar refractivity (Wildman–Crippen MR) is 176 cm³/mol. The third-order valence-electron chi connectivity index (χ3n) is 4.72. The number of carboxylic acid groups (broad SMARTS) is 1. The van der Waals surface area contributed by atoms with Crippen molar-refractivity contribution in [2.75, 3.05) is 37.1 Å². The van der Waals surface area contributed by atoms with Crippen LogP contribution in [0.15, 0.2) is 36.4 Å². The summed E-state index contributed by atoms with van der Waals surface area (Å²) in [6.45, 7) is 8.35. The van der Waals surface area contributed by atoms with Crippen LogP contribution in [0.1, 0.15) is 38.1 Å². The SMILES string of the molecule is CCNc1nc(Cl)nc(NC(C)(C)C)n1.COC(=O)c1cc(Oc2ccc(Cl)cc2Cl)ccc1[N+](=O)[O-].O=C(O)CNCP(=O)(O)O. The van der Waals surface area contributed by atoms with E-state index in [1.165, 1.54) is 18.2 Å². The van der Waals surface area contributed by atoms with Gasteiger partial charge in [0.15, 0.2) is 0 Å². The van der Waals surface area contributed by atoms with Crippen LogP contribution in [-0.2, 0) is 14.1 Å². The molecule has 0 saturated heterocycles. The van der Waals surface area contributed by atoms with E-state index in [2.05, 4.69) is 35.6 Å². The highest BCUT2D eigenvalue weighted by Gasteiger charge is 2.22. The van der Waals surface area contributed by atoms with Crippen LogP contribution in [0.25, 0.3) is 0 Å². The average Bonchev–Trinajstić information content (AvgIpc) is 2.92. The molecular formula is C26H33Cl3N7O10P. The standard InChI is InChI=1S/C14H9Cl2NO5.C9H16ClN5.C3H8NO5P/c1-21-14(18)10-7-9(3-4-12(10)17(19)20)22-13-5-2-8(15)6-11(13)16;1-5-11-7-12-6(10)13-8(14-7)15-9(2,3)4;5-3(6)1-4-2-10(7,8)9/h2-7H,1H3;5H2,1-4H3,(H2,11,12,13,14,15);4H,1-2H2,(H,5,6)(H2,7,8,9). The minimum absolute atomic E-state index is 0.103. The summed E-state index contributed by atoms with van der Waals surface area (Å²) >= 11 is 17.5. The molecule has 0 aliphatic rings. The molecule has 3 aromatic rings. The van der Waals surface area contributed by atoms with Crippen LogP contribution in [0.3, 0.4) is 0 Å². The minimum atomic E-state index is -4.10. The van der Waals surface area contributed by atoms with Crippen molar-refractivity contribution in [3.05, 3.63) is 67.4 Å². The molecule has 3 rings (SSSR count). The van der Waals surface area contributed by atoms with Gasteiger partial charge in [0.2, 0.25) is 17.2 Å². The highest BCUT2D eigenvalue weighted by atomic mass is 35.5. The van der Waals surface area contributed by atoms with Crippen molar-refractivity contribution in [2.24, 2.45) is 0 Å². The molecule has 17 nitrogen and oxygen atoms in total. The number of rotatable bonds is 11. The van der Waals surface area contributed by atoms with Crippen molar-refractivity contribution in [1.29, 1.82) is 0 Å². The number of nitro groups is 1. The quantitative estimate of drug-likeness (QED) is 0.0619. The van der Waals surface area contributed by atoms with Gasteiger partial charge in [-0.2, -0.15) is 15.0 Å². The zero-order valence-electron chi connectivity index (χ0n) is 25.7. The summed E-state index contributed by atoms with van der Waals surface area (Å²) in [6, 6.07) is 8.35. The molecule has 0 aliphatic heterocycles. The molecule has 47 heavy (non-hydrogen) atoms. The molecule has 0 fully saturated rings. The number of nitrogens with zero attached hydrogens (tertiary/aromatic N) is 4. The number of ether oxygens (including phenoxy) is 2. The number of methoxy groups -OCH3 is 1. The number of nitro benzene ring substituents is 1. The molecule has 2 aromatic carbocycles. The molecule has 0 spiro atoms. The molecule has 1 heterocycles. The van der Waals surface area contributed by atoms with E-state index in [1.54, 1.807) is 12.1 Å². The Balaban J connectivity index is 0.000000384. The molecular weight excluding hydrogens is 708 g/mol. The summed E-state index contributed by atoms with van der Waals surface area (Å²) in [6.07, 6.45) is -0.598. The van der Waals surface area contributed by atoms with Crippen molar-refractivity contribution >= 4 is 71.9 Å². The number of anilines is 2. The van der Waals surface area contributed by atoms with Gasteiger partial charge in [-0.1, -0.05) is 23.2 Å². The fraction of sp³-hybridized carbons (Fsp3) is 0.346. The van der Waals surface area contributed by atoms with Crippen molar-refractivity contribution in [3.8, 4) is 11.5 Å². The van der Waals surface area contributed by atoms with Crippen LogP contribution in [0.4, 0.5) is 17.6 Å². The lowest BCUT2D eigenvalue weighted by atomic mass is 10.1. The summed E-state index contributed by atoms with van der Waals surface area (Å²) in [5, 5.41) is 28.0. The first-order valence-electron chi connectivity index (χ1n) is 13.1. The first kappa shape index (κ1) is 41.2. The first-order valence-corrected chi connectivity index (χ1v) is 16.1. The lowest BCUT2D eigenvalue weighted by Gasteiger charge is -2.20. The Morgan fingerprint density at radius 2 is 1.68 bits per heavy atom. The van der Waals surface area contributed by atoms with Crippen molar-refractivity contribution < 1.29 is 43.4 Å². The Morgan fingerprint density at radius 3 is 2.19 bits per heavy atom. The predicted octanol–water partition coefficient (Wildman–Crippen LogP) is 5.44. The van der Waals surface area contributed by atoms with Gasteiger partial charge in [-0.05, 0) is 63.6 Å². The summed E-state index contributed by atoms with van der Waals surface area (Å²) in [5.74, 6) is -0.499. The van der Waals surface area contributed by atoms with E-state index in [4.69, 9.17) is 54.4 Å². The number of aliphatic carboxylic acids is 1. The van der Waals surface area contributed by atoms with E-state index in [9.17, 15) is 24.3 Å². The van der Waals surface area contributed by atoms with Crippen LogP contribution < -0.4 is 20.7 Å². The maximum Gasteiger partial charge on any atom is 0.345 e. The third kappa shape index (κ3) is 17.1. The second-order valence-corrected chi connectivity index (χ2v) is 12.7. The maximum absolute atomic E-state index is 11.6. The molecule has 0 bridgehead atoms. The molecule has 0 radical (unpaired) electrons. The van der Waals surface area contributed by atoms with Gasteiger partial charge in [0.05, 0.1) is 29.9 Å². The summed E-state index contributed by atoms with van der Waals surface area (Å²) in [5.41, 5.74) is -0.690. The third-order valence-corrected chi connectivity index (χ3v) is 6.05. The van der Waals surface area contributed by atoms with E-state index in [0.717, 1.165) is 19.7 Å². The number of aromatic nitrogens is 3. The van der Waals surface area contributed by atoms with Gasteiger partial charge in [-0.15, -0.1) is 0 Å². The maximum atomic E-state index is 11.6. The number of esters is 1. The average molecular weight is 741 g/mol. The number of carbonyl (C=O) groups excluding carboxylic acids is 1. The molecule has 0 aliphatic carbocycles. The molecule has 6 N–H and O–H groups in total. The number of hydrogen-bond acceptors (Lipinski definition) is 13. The van der Waals surface area contributed by atoms with E-state index in [-0.39, 0.29) is 32.8 Å². The van der Waals surface area contributed by atoms with E-state index in [1.807, 2.05) is 27.7 Å². The number of carbonyl (C=O) groups is 2. The lowest BCUT2D eigenvalue weighted by Crippen LogP contribution is -2.27. The fourth-order valence-corrected chi connectivity index (χ4v) is 3.99. The zero-order chi connectivity index (χ0) is 35.9. The summed E-state index contributed by atoms with van der Waals surface area (Å²) in [7, 11) is -2.96. The Labute approximate surface area is 284 Å². The van der Waals surface area contributed by atoms with Crippen molar-refractivity contribution in [1.82, 2.24) is 20.3 Å². The molecule has 0 amide bonds. The molecule has 1 aromatic heterocycles. The van der Waals surface area contributed by atoms with E-state index < -0.39 is 37.3 Å². The van der Waals surface area contributed by atoms with Gasteiger partial charge in [0.1, 0.15) is 17.1 Å². The second-order valence-electron chi connectivity index (χ2n) is 9.90. The minimum Gasteiger partial charge on any atom is -0.480 e. The van der Waals surface area contributed by atoms with Crippen molar-refractivity contribution in [2.45, 2.75) is 33.2 Å². The zero-order valence-corrected chi connectivity index (χ0v) is 28.8. The highest BCUT2D eigenvalue weighted by Crippen LogP contribution is 2.34. The van der Waals surface area contributed by atoms with Gasteiger partial charge < -0.3 is 35.0 Å². The van der Waals surface area contributed by atoms with Gasteiger partial charge in [0, 0.05) is 29.2 Å². The normalized spacial score (nSPS) is 10.8. The number of benzene rings is 2. The molecule has 0 atom stereocenters. The van der Waals surface area contributed by atoms with Crippen molar-refractivity contribution in [3.63, 3.8) is 0 Å². The van der Waals surface area contributed by atoms with Crippen LogP contribution in [0.2, 0.25) is 15.3 Å². The number of nitrogens with one attached hydrogen (secondary N) is 3. The lowest BCUT2D eigenvalue weighted by molar-refractivity contribution is -0.385. The topological polar surface area (TPSA) is 248 Å². The van der Waals surface area contributed by atoms with Gasteiger partial charge in [-0.25, -0.2) is 4.79 Å². The molecule has 258 valence electrons. The Hall–Kier alpha value is -3.83. The first-order chi connectivity index (χ1) is 21.7. The van der Waals surface area contributed by atoms with Crippen LogP contribution in [-0.4, -0.2) is 78.7 Å². The largest absolute Gasteiger partial charge is 0.480 e. The fourth-order valence-electron chi connectivity index (χ4n) is 2.98. The number of halogens is 3. The van der Waals surface area contributed by atoms with E-state index >= 15 is 0 Å². The smallest absolute Gasteiger partial charge is 0.345 e. The highest BCUT2D eigenvalue weighted by molar-refractivity contribution is 7.51. The van der Waals surface area contributed by atoms with Crippen LogP contribution in [0.5, 0.6) is 11.5 Å². The van der Waals surface area contributed by atoms with Crippen LogP contribution >= 0.6 is 42.4 Å². The Bertz CT molecular complexity index is 1590. The molecule has 21 heteroatoms. The van der Waals surface area contributed by atoms with Gasteiger partial charge >= 0.3 is 19.5 Å². The summed E-state index contributed by atoms with van der Waals surface area (Å²) in [4.78, 5) is 60.1. The molecule has 0 saturated carbocycles. The van der Waals surface area contributed by atoms with Gasteiger partial charge in [0.25, 0.3) is 5.69 Å². The van der Waals surface area contributed by atoms with Gasteiger partial charge in [-0.3, -0.25) is 24.8 Å².